The average molecular weight is 468 g/mol. The highest BCUT2D eigenvalue weighted by molar-refractivity contribution is 9.10. The summed E-state index contributed by atoms with van der Waals surface area (Å²) in [4.78, 5) is 19.6. The number of rotatable bonds is 6. The zero-order chi connectivity index (χ0) is 20.4. The zero-order valence-corrected chi connectivity index (χ0v) is 16.1. The molecular weight excluding hydrogens is 456 g/mol. The van der Waals surface area contributed by atoms with Crippen molar-refractivity contribution in [3.8, 4) is 0 Å². The number of aromatic amines is 1. The lowest BCUT2D eigenvalue weighted by Crippen LogP contribution is -2.17. The molecule has 27 heavy (non-hydrogen) atoms. The topological polar surface area (TPSA) is 55.0 Å². The Kier molecular flexibility index (Phi) is 6.48. The van der Waals surface area contributed by atoms with Crippen molar-refractivity contribution in [2.75, 3.05) is 6.61 Å². The van der Waals surface area contributed by atoms with Gasteiger partial charge in [0.15, 0.2) is 24.0 Å². The number of carbonyl (C=O) groups excluding carboxylic acids is 1. The summed E-state index contributed by atoms with van der Waals surface area (Å²) in [5.74, 6) is -2.99. The van der Waals surface area contributed by atoms with Crippen LogP contribution in [0.4, 0.5) is 17.6 Å². The minimum atomic E-state index is -4.68. The third-order valence-electron chi connectivity index (χ3n) is 3.33. The van der Waals surface area contributed by atoms with Crippen molar-refractivity contribution in [3.63, 3.8) is 0 Å². The third-order valence-corrected chi connectivity index (χ3v) is 3.95. The fraction of sp³-hybridized carbons (Fsp3) is 0.176. The number of fused-ring (bicyclic) bond motifs is 1. The van der Waals surface area contributed by atoms with Crippen LogP contribution in [0.1, 0.15) is 17.3 Å². The number of ketones is 1. The van der Waals surface area contributed by atoms with Crippen molar-refractivity contribution in [3.05, 3.63) is 63.3 Å². The van der Waals surface area contributed by atoms with Gasteiger partial charge in [0.1, 0.15) is 5.65 Å². The molecule has 0 aliphatic carbocycles. The monoisotopic (exact) mass is 466 g/mol. The normalized spacial score (nSPS) is 13.5. The highest BCUT2D eigenvalue weighted by Crippen LogP contribution is 2.31. The molecule has 4 nitrogen and oxygen atoms in total. The Morgan fingerprint density at radius 3 is 2.70 bits per heavy atom. The maximum Gasteiger partial charge on any atom is 0.422 e. The summed E-state index contributed by atoms with van der Waals surface area (Å²) in [7, 11) is 0. The summed E-state index contributed by atoms with van der Waals surface area (Å²) in [6.45, 7) is 2.88. The first kappa shape index (κ1) is 21.2. The van der Waals surface area contributed by atoms with E-state index < -0.39 is 40.8 Å². The smallest absolute Gasteiger partial charge is 0.422 e. The predicted molar refractivity (Wildman–Crippen MR) is 97.0 cm³/mol. The average Bonchev–Trinajstić information content (AvgIpc) is 2.97. The molecule has 2 heterocycles. The van der Waals surface area contributed by atoms with Gasteiger partial charge in [0.05, 0.1) is 5.57 Å². The molecule has 0 aliphatic heterocycles. The van der Waals surface area contributed by atoms with Gasteiger partial charge in [-0.1, -0.05) is 18.2 Å². The number of allylic oxidation sites excluding steroid dienone is 4. The van der Waals surface area contributed by atoms with E-state index in [0.29, 0.717) is 15.5 Å². The summed E-state index contributed by atoms with van der Waals surface area (Å²) in [5, 5.41) is -0.111. The first-order valence-corrected chi connectivity index (χ1v) is 8.50. The van der Waals surface area contributed by atoms with Crippen molar-refractivity contribution in [1.29, 1.82) is 0 Å². The number of nitrogens with zero attached hydrogens (tertiary/aromatic N) is 1. The maximum absolute atomic E-state index is 14.8. The van der Waals surface area contributed by atoms with E-state index in [9.17, 15) is 22.4 Å². The molecular formula is C17H12BrClF4N2O2. The van der Waals surface area contributed by atoms with E-state index in [4.69, 9.17) is 11.6 Å². The van der Waals surface area contributed by atoms with Crippen LogP contribution in [-0.4, -0.2) is 28.5 Å². The third kappa shape index (κ3) is 4.98. The highest BCUT2D eigenvalue weighted by Gasteiger charge is 2.31. The van der Waals surface area contributed by atoms with E-state index in [2.05, 4.69) is 37.2 Å². The second-order valence-corrected chi connectivity index (χ2v) is 6.60. The second-order valence-electron chi connectivity index (χ2n) is 5.23. The van der Waals surface area contributed by atoms with Crippen LogP contribution in [0.15, 0.2) is 57.8 Å². The molecule has 2 aromatic rings. The Morgan fingerprint density at radius 1 is 1.48 bits per heavy atom. The predicted octanol–water partition coefficient (Wildman–Crippen LogP) is 5.97. The van der Waals surface area contributed by atoms with Crippen LogP contribution in [0.25, 0.3) is 11.0 Å². The van der Waals surface area contributed by atoms with Crippen LogP contribution in [0, 0.1) is 0 Å². The number of carbonyl (C=O) groups is 1. The maximum atomic E-state index is 14.8. The number of H-pyrrole nitrogens is 1. The van der Waals surface area contributed by atoms with E-state index >= 15 is 0 Å². The zero-order valence-electron chi connectivity index (χ0n) is 13.8. The number of pyridine rings is 1. The van der Waals surface area contributed by atoms with Gasteiger partial charge in [0, 0.05) is 32.8 Å². The molecule has 0 bridgehead atoms. The van der Waals surface area contributed by atoms with Crippen LogP contribution in [-0.2, 0) is 4.74 Å². The molecule has 1 N–H and O–H groups in total. The molecule has 0 aliphatic rings. The summed E-state index contributed by atoms with van der Waals surface area (Å²) < 4.78 is 56.9. The minimum absolute atomic E-state index is 0.0250. The number of hydrogen-bond acceptors (Lipinski definition) is 3. The van der Waals surface area contributed by atoms with Gasteiger partial charge in [0.25, 0.3) is 0 Å². The molecule has 0 amide bonds. The number of halogens is 6. The van der Waals surface area contributed by atoms with E-state index in [1.165, 1.54) is 19.3 Å². The fourth-order valence-corrected chi connectivity index (χ4v) is 2.70. The van der Waals surface area contributed by atoms with Gasteiger partial charge in [-0.2, -0.15) is 13.2 Å². The number of Topliss-reactive ketones (excluding diaryl/α,β-unsaturated/α-hetero) is 1. The summed E-state index contributed by atoms with van der Waals surface area (Å²) in [6.07, 6.45) is -0.924. The van der Waals surface area contributed by atoms with Crippen molar-refractivity contribution in [1.82, 2.24) is 9.97 Å². The molecule has 144 valence electrons. The molecule has 0 fully saturated rings. The molecule has 0 saturated carbocycles. The molecule has 0 saturated heterocycles. The van der Waals surface area contributed by atoms with Crippen LogP contribution in [0.2, 0.25) is 0 Å². The quantitative estimate of drug-likeness (QED) is 0.187. The molecule has 0 radical (unpaired) electrons. The number of nitrogens with one attached hydrogen (secondary N) is 1. The molecule has 0 spiro atoms. The van der Waals surface area contributed by atoms with Crippen LogP contribution in [0.3, 0.4) is 0 Å². The number of ether oxygens (including phenoxy) is 1. The Hall–Kier alpha value is -2.13. The summed E-state index contributed by atoms with van der Waals surface area (Å²) >= 11 is 8.99. The first-order chi connectivity index (χ1) is 12.5. The molecule has 2 aromatic heterocycles. The summed E-state index contributed by atoms with van der Waals surface area (Å²) in [6, 6.07) is 1.58. The van der Waals surface area contributed by atoms with E-state index in [1.807, 2.05) is 0 Å². The van der Waals surface area contributed by atoms with Gasteiger partial charge in [-0.05, 0) is 35.0 Å². The number of hydrogen-bond donors (Lipinski definition) is 1. The fourth-order valence-electron chi connectivity index (χ4n) is 2.20. The Labute approximate surface area is 164 Å². The lowest BCUT2D eigenvalue weighted by molar-refractivity contribution is -0.164. The van der Waals surface area contributed by atoms with Gasteiger partial charge in [0.2, 0.25) is 0 Å². The Morgan fingerprint density at radius 2 is 2.15 bits per heavy atom. The largest absolute Gasteiger partial charge is 0.481 e. The van der Waals surface area contributed by atoms with Crippen molar-refractivity contribution in [2.45, 2.75) is 13.1 Å². The standard InChI is InChI=1S/C17H12BrClF4N2O2/c1-3-12(27-7-17(21,22)23)14(20)13(8(2)19)15(26)11-6-25-16-10(11)4-9(18)5-24-16/h3-6H,2,7H2,1H3,(H,24,25)/b12-3+,14-13-. The molecule has 10 heteroatoms. The second kappa shape index (κ2) is 8.26. The molecule has 0 aromatic carbocycles. The number of aromatic nitrogens is 2. The minimum Gasteiger partial charge on any atom is -0.481 e. The van der Waals surface area contributed by atoms with Crippen LogP contribution >= 0.6 is 27.5 Å². The van der Waals surface area contributed by atoms with E-state index in [1.54, 1.807) is 6.07 Å². The van der Waals surface area contributed by atoms with Gasteiger partial charge in [-0.25, -0.2) is 9.37 Å². The van der Waals surface area contributed by atoms with Gasteiger partial charge < -0.3 is 9.72 Å². The van der Waals surface area contributed by atoms with Gasteiger partial charge >= 0.3 is 6.18 Å². The van der Waals surface area contributed by atoms with E-state index in [0.717, 1.165) is 6.08 Å². The first-order valence-electron chi connectivity index (χ1n) is 7.33. The van der Waals surface area contributed by atoms with Crippen molar-refractivity contribution < 1.29 is 27.1 Å². The van der Waals surface area contributed by atoms with Crippen LogP contribution in [0.5, 0.6) is 0 Å². The lowest BCUT2D eigenvalue weighted by Gasteiger charge is -2.13. The molecule has 0 atom stereocenters. The van der Waals surface area contributed by atoms with Crippen molar-refractivity contribution >= 4 is 44.3 Å². The molecule has 0 unspecified atom stereocenters. The van der Waals surface area contributed by atoms with E-state index in [-0.39, 0.29) is 5.56 Å². The number of alkyl halides is 3. The SMILES string of the molecule is C=C(Cl)/C(C(=O)c1c[nH]c2ncc(Br)cc12)=C(F)\C(=C/C)OCC(F)(F)F. The highest BCUT2D eigenvalue weighted by atomic mass is 79.9. The Balaban J connectivity index is 2.51. The Bertz CT molecular complexity index is 963. The molecule has 2 rings (SSSR count). The van der Waals surface area contributed by atoms with Gasteiger partial charge in [-0.15, -0.1) is 0 Å². The summed E-state index contributed by atoms with van der Waals surface area (Å²) in [5.41, 5.74) is -0.314. The van der Waals surface area contributed by atoms with Crippen LogP contribution < -0.4 is 0 Å². The lowest BCUT2D eigenvalue weighted by atomic mass is 10.0. The van der Waals surface area contributed by atoms with Crippen molar-refractivity contribution in [2.24, 2.45) is 0 Å². The van der Waals surface area contributed by atoms with Gasteiger partial charge in [-0.3, -0.25) is 4.79 Å².